The monoisotopic (exact) mass is 336 g/mol. The van der Waals surface area contributed by atoms with E-state index in [4.69, 9.17) is 18.5 Å². The van der Waals surface area contributed by atoms with Gasteiger partial charge in [0, 0.05) is 6.42 Å². The molecule has 1 N–H and O–H groups in total. The first-order valence-electron chi connectivity index (χ1n) is 7.98. The minimum absolute atomic E-state index is 0.0294. The SMILES string of the molecule is CC(C)O[C@H]1CCC2(OP(=O)(O)OC(C)(C)C)C[C@H](C)OC12. The van der Waals surface area contributed by atoms with Crippen LogP contribution in [0.1, 0.15) is 60.8 Å². The molecule has 2 aliphatic rings. The summed E-state index contributed by atoms with van der Waals surface area (Å²) >= 11 is 0. The highest BCUT2D eigenvalue weighted by molar-refractivity contribution is 7.47. The first-order valence-corrected chi connectivity index (χ1v) is 9.47. The predicted octanol–water partition coefficient (Wildman–Crippen LogP) is 3.42. The lowest BCUT2D eigenvalue weighted by Gasteiger charge is -2.33. The summed E-state index contributed by atoms with van der Waals surface area (Å²) in [6, 6.07) is 0. The van der Waals surface area contributed by atoms with Crippen LogP contribution in [-0.2, 0) is 23.1 Å². The van der Waals surface area contributed by atoms with Gasteiger partial charge in [-0.15, -0.1) is 0 Å². The average Bonchev–Trinajstić information content (AvgIpc) is 2.69. The Balaban J connectivity index is 2.15. The molecule has 7 heteroatoms. The summed E-state index contributed by atoms with van der Waals surface area (Å²) in [5.74, 6) is 0. The molecule has 2 rings (SSSR count). The Bertz CT molecular complexity index is 446. The number of phosphoric acid groups is 1. The smallest absolute Gasteiger partial charge is 0.373 e. The normalized spacial score (nSPS) is 38.3. The van der Waals surface area contributed by atoms with E-state index in [1.54, 1.807) is 20.8 Å². The Morgan fingerprint density at radius 1 is 1.36 bits per heavy atom. The van der Waals surface area contributed by atoms with Crippen molar-refractivity contribution >= 4 is 7.82 Å². The number of fused-ring (bicyclic) bond motifs is 1. The molecule has 22 heavy (non-hydrogen) atoms. The van der Waals surface area contributed by atoms with E-state index in [9.17, 15) is 9.46 Å². The van der Waals surface area contributed by atoms with Crippen LogP contribution < -0.4 is 0 Å². The van der Waals surface area contributed by atoms with Crippen LogP contribution in [-0.4, -0.2) is 40.5 Å². The van der Waals surface area contributed by atoms with Crippen LogP contribution in [0.3, 0.4) is 0 Å². The van der Waals surface area contributed by atoms with Crippen molar-refractivity contribution in [1.82, 2.24) is 0 Å². The molecule has 0 aromatic rings. The number of phosphoric ester groups is 1. The Morgan fingerprint density at radius 3 is 2.55 bits per heavy atom. The second-order valence-corrected chi connectivity index (χ2v) is 8.96. The highest BCUT2D eigenvalue weighted by Crippen LogP contribution is 2.58. The van der Waals surface area contributed by atoms with Gasteiger partial charge in [0.1, 0.15) is 11.7 Å². The van der Waals surface area contributed by atoms with E-state index in [1.807, 2.05) is 20.8 Å². The maximum absolute atomic E-state index is 12.4. The van der Waals surface area contributed by atoms with E-state index in [0.29, 0.717) is 12.8 Å². The molecule has 1 heterocycles. The molecule has 0 bridgehead atoms. The van der Waals surface area contributed by atoms with Crippen molar-refractivity contribution in [3.8, 4) is 0 Å². The van der Waals surface area contributed by atoms with Crippen LogP contribution in [0.4, 0.5) is 0 Å². The summed E-state index contributed by atoms with van der Waals surface area (Å²) in [7, 11) is -4.17. The van der Waals surface area contributed by atoms with Gasteiger partial charge >= 0.3 is 7.82 Å². The van der Waals surface area contributed by atoms with Gasteiger partial charge in [-0.3, -0.25) is 9.05 Å². The standard InChI is InChI=1S/C15H29O6P/c1-10(2)18-12-7-8-15(9-11(3)19-13(12)15)21-22(16,17)20-14(4,5)6/h10-13H,7-9H2,1-6H3,(H,16,17)/t11-,12-,13?,15?/m0/s1. The molecule has 2 fully saturated rings. The Morgan fingerprint density at radius 2 is 2.00 bits per heavy atom. The van der Waals surface area contributed by atoms with Crippen molar-refractivity contribution in [2.75, 3.05) is 0 Å². The van der Waals surface area contributed by atoms with E-state index in [2.05, 4.69) is 0 Å². The number of hydrogen-bond donors (Lipinski definition) is 1. The fraction of sp³-hybridized carbons (Fsp3) is 1.00. The molecule has 0 aromatic heterocycles. The zero-order valence-corrected chi connectivity index (χ0v) is 15.3. The van der Waals surface area contributed by atoms with E-state index in [1.165, 1.54) is 0 Å². The molecule has 5 atom stereocenters. The predicted molar refractivity (Wildman–Crippen MR) is 82.7 cm³/mol. The summed E-state index contributed by atoms with van der Waals surface area (Å²) in [5.41, 5.74) is -1.55. The van der Waals surface area contributed by atoms with Gasteiger partial charge in [-0.2, -0.15) is 0 Å². The lowest BCUT2D eigenvalue weighted by molar-refractivity contribution is -0.107. The van der Waals surface area contributed by atoms with Crippen molar-refractivity contribution < 1.29 is 28.0 Å². The second-order valence-electron chi connectivity index (χ2n) is 7.66. The van der Waals surface area contributed by atoms with E-state index in [-0.39, 0.29) is 24.4 Å². The number of rotatable bonds is 5. The average molecular weight is 336 g/mol. The fourth-order valence-corrected chi connectivity index (χ4v) is 4.91. The molecular formula is C15H29O6P. The van der Waals surface area contributed by atoms with Crippen LogP contribution in [0.2, 0.25) is 0 Å². The summed E-state index contributed by atoms with van der Waals surface area (Å²) in [4.78, 5) is 10.1. The minimum Gasteiger partial charge on any atom is -0.373 e. The second kappa shape index (κ2) is 6.15. The molecule has 130 valence electrons. The van der Waals surface area contributed by atoms with Crippen LogP contribution in [0, 0.1) is 0 Å². The van der Waals surface area contributed by atoms with Gasteiger partial charge in [0.05, 0.1) is 23.9 Å². The van der Waals surface area contributed by atoms with Crippen molar-refractivity contribution in [1.29, 1.82) is 0 Å². The highest BCUT2D eigenvalue weighted by Gasteiger charge is 2.59. The topological polar surface area (TPSA) is 74.2 Å². The van der Waals surface area contributed by atoms with Gasteiger partial charge in [-0.05, 0) is 54.4 Å². The summed E-state index contributed by atoms with van der Waals surface area (Å²) < 4.78 is 35.1. The molecule has 1 aliphatic heterocycles. The third-order valence-corrected chi connectivity index (χ3v) is 5.23. The fourth-order valence-electron chi connectivity index (χ4n) is 3.45. The third-order valence-electron chi connectivity index (χ3n) is 3.85. The molecule has 3 unspecified atom stereocenters. The van der Waals surface area contributed by atoms with Crippen molar-refractivity contribution in [3.05, 3.63) is 0 Å². The van der Waals surface area contributed by atoms with Crippen molar-refractivity contribution in [3.63, 3.8) is 0 Å². The molecular weight excluding hydrogens is 307 g/mol. The van der Waals surface area contributed by atoms with E-state index in [0.717, 1.165) is 6.42 Å². The zero-order valence-electron chi connectivity index (χ0n) is 14.4. The zero-order chi connectivity index (χ0) is 16.8. The molecule has 6 nitrogen and oxygen atoms in total. The van der Waals surface area contributed by atoms with Gasteiger partial charge in [0.15, 0.2) is 0 Å². The summed E-state index contributed by atoms with van der Waals surface area (Å²) in [6.45, 7) is 11.1. The van der Waals surface area contributed by atoms with Crippen LogP contribution >= 0.6 is 7.82 Å². The quantitative estimate of drug-likeness (QED) is 0.776. The minimum atomic E-state index is -4.17. The molecule has 0 aromatic carbocycles. The number of hydrogen-bond acceptors (Lipinski definition) is 5. The molecule has 0 amide bonds. The molecule has 0 radical (unpaired) electrons. The molecule has 1 saturated carbocycles. The Labute approximate surface area is 133 Å². The lowest BCUT2D eigenvalue weighted by atomic mass is 9.96. The van der Waals surface area contributed by atoms with Crippen LogP contribution in [0.25, 0.3) is 0 Å². The first kappa shape index (κ1) is 18.4. The largest absolute Gasteiger partial charge is 0.473 e. The third kappa shape index (κ3) is 4.31. The maximum atomic E-state index is 12.4. The summed E-state index contributed by atoms with van der Waals surface area (Å²) in [6.07, 6.45) is 1.58. The molecule has 1 aliphatic carbocycles. The van der Waals surface area contributed by atoms with Gasteiger partial charge < -0.3 is 14.4 Å². The van der Waals surface area contributed by atoms with Crippen molar-refractivity contribution in [2.24, 2.45) is 0 Å². The van der Waals surface area contributed by atoms with E-state index < -0.39 is 19.0 Å². The molecule has 1 saturated heterocycles. The van der Waals surface area contributed by atoms with E-state index >= 15 is 0 Å². The van der Waals surface area contributed by atoms with Gasteiger partial charge in [0.25, 0.3) is 0 Å². The van der Waals surface area contributed by atoms with Gasteiger partial charge in [-0.25, -0.2) is 4.57 Å². The summed E-state index contributed by atoms with van der Waals surface area (Å²) in [5, 5.41) is 0. The molecule has 0 spiro atoms. The maximum Gasteiger partial charge on any atom is 0.473 e. The number of ether oxygens (including phenoxy) is 2. The lowest BCUT2D eigenvalue weighted by Crippen LogP contribution is -2.41. The van der Waals surface area contributed by atoms with Gasteiger partial charge in [0.2, 0.25) is 0 Å². The highest BCUT2D eigenvalue weighted by atomic mass is 31.2. The Hall–Kier alpha value is 0.0300. The Kier molecular flexibility index (Phi) is 5.14. The van der Waals surface area contributed by atoms with Crippen LogP contribution in [0.5, 0.6) is 0 Å². The first-order chi connectivity index (χ1) is 9.92. The van der Waals surface area contributed by atoms with Crippen LogP contribution in [0.15, 0.2) is 0 Å². The van der Waals surface area contributed by atoms with Gasteiger partial charge in [-0.1, -0.05) is 0 Å². The van der Waals surface area contributed by atoms with Crippen molar-refractivity contribution in [2.45, 2.75) is 96.4 Å².